The van der Waals surface area contributed by atoms with Crippen LogP contribution in [0.4, 0.5) is 0 Å². The molecule has 2 nitrogen and oxygen atoms in total. The van der Waals surface area contributed by atoms with Crippen LogP contribution in [-0.4, -0.2) is 5.11 Å². The molecule has 15 heavy (non-hydrogen) atoms. The van der Waals surface area contributed by atoms with E-state index in [0.29, 0.717) is 4.47 Å². The molecule has 0 fully saturated rings. The first-order valence-corrected chi connectivity index (χ1v) is 6.09. The van der Waals surface area contributed by atoms with E-state index in [4.69, 9.17) is 5.73 Å². The Hall–Kier alpha value is 0.230. The molecule has 5 heteroatoms. The molecule has 0 spiro atoms. The lowest BCUT2D eigenvalue weighted by Crippen LogP contribution is -2.10. The second-order valence-electron chi connectivity index (χ2n) is 3.19. The van der Waals surface area contributed by atoms with Crippen LogP contribution < -0.4 is 5.73 Å². The first-order chi connectivity index (χ1) is 6.57. The molecule has 0 bridgehead atoms. The Morgan fingerprint density at radius 3 is 2.40 bits per heavy atom. The SMILES string of the molecule is CCC[C@@H](N)c1c(Br)ccc(Br)c1O.Cl. The van der Waals surface area contributed by atoms with E-state index in [1.54, 1.807) is 6.07 Å². The monoisotopic (exact) mass is 357 g/mol. The minimum absolute atomic E-state index is 0. The molecule has 0 aliphatic carbocycles. The lowest BCUT2D eigenvalue weighted by Gasteiger charge is -2.15. The molecular formula is C10H14Br2ClNO. The third kappa shape index (κ3) is 3.63. The molecule has 1 atom stereocenters. The fourth-order valence-electron chi connectivity index (χ4n) is 1.36. The van der Waals surface area contributed by atoms with Crippen LogP contribution in [0.2, 0.25) is 0 Å². The number of phenolic OH excluding ortho intramolecular Hbond substituents is 1. The zero-order valence-corrected chi connectivity index (χ0v) is 12.3. The van der Waals surface area contributed by atoms with Gasteiger partial charge in [0.2, 0.25) is 0 Å². The number of halogens is 3. The van der Waals surface area contributed by atoms with Gasteiger partial charge in [-0.2, -0.15) is 0 Å². The van der Waals surface area contributed by atoms with Gasteiger partial charge in [-0.3, -0.25) is 0 Å². The number of aromatic hydroxyl groups is 1. The van der Waals surface area contributed by atoms with Crippen molar-refractivity contribution in [3.63, 3.8) is 0 Å². The van der Waals surface area contributed by atoms with Crippen molar-refractivity contribution in [1.82, 2.24) is 0 Å². The average molecular weight is 359 g/mol. The topological polar surface area (TPSA) is 46.2 Å². The molecule has 1 aromatic carbocycles. The van der Waals surface area contributed by atoms with Crippen LogP contribution in [-0.2, 0) is 0 Å². The number of rotatable bonds is 3. The molecule has 86 valence electrons. The first kappa shape index (κ1) is 15.2. The summed E-state index contributed by atoms with van der Waals surface area (Å²) < 4.78 is 1.54. The van der Waals surface area contributed by atoms with Crippen molar-refractivity contribution < 1.29 is 5.11 Å². The van der Waals surface area contributed by atoms with Crippen molar-refractivity contribution in [2.45, 2.75) is 25.8 Å². The van der Waals surface area contributed by atoms with Crippen molar-refractivity contribution in [2.75, 3.05) is 0 Å². The third-order valence-electron chi connectivity index (χ3n) is 2.09. The highest BCUT2D eigenvalue weighted by Gasteiger charge is 2.15. The lowest BCUT2D eigenvalue weighted by atomic mass is 10.0. The number of nitrogens with two attached hydrogens (primary N) is 1. The molecule has 0 aromatic heterocycles. The number of benzene rings is 1. The van der Waals surface area contributed by atoms with E-state index in [-0.39, 0.29) is 24.2 Å². The highest BCUT2D eigenvalue weighted by molar-refractivity contribution is 9.11. The Morgan fingerprint density at radius 2 is 1.87 bits per heavy atom. The lowest BCUT2D eigenvalue weighted by molar-refractivity contribution is 0.454. The summed E-state index contributed by atoms with van der Waals surface area (Å²) in [6.07, 6.45) is 1.86. The molecular weight excluding hydrogens is 345 g/mol. The molecule has 0 heterocycles. The smallest absolute Gasteiger partial charge is 0.135 e. The number of hydrogen-bond donors (Lipinski definition) is 2. The number of phenols is 1. The average Bonchev–Trinajstić information content (AvgIpc) is 2.13. The third-order valence-corrected chi connectivity index (χ3v) is 3.42. The van der Waals surface area contributed by atoms with Crippen LogP contribution in [0.15, 0.2) is 21.1 Å². The van der Waals surface area contributed by atoms with Gasteiger partial charge in [0.1, 0.15) is 5.75 Å². The summed E-state index contributed by atoms with van der Waals surface area (Å²) >= 11 is 6.66. The van der Waals surface area contributed by atoms with Crippen molar-refractivity contribution in [3.8, 4) is 5.75 Å². The molecule has 3 N–H and O–H groups in total. The van der Waals surface area contributed by atoms with E-state index in [1.165, 1.54) is 0 Å². The van der Waals surface area contributed by atoms with Gasteiger partial charge in [-0.15, -0.1) is 12.4 Å². The second kappa shape index (κ2) is 6.74. The molecule has 0 saturated heterocycles. The van der Waals surface area contributed by atoms with E-state index in [9.17, 15) is 5.11 Å². The van der Waals surface area contributed by atoms with Gasteiger partial charge in [0.15, 0.2) is 0 Å². The Labute approximate surface area is 113 Å². The summed E-state index contributed by atoms with van der Waals surface area (Å²) in [5, 5.41) is 9.82. The molecule has 0 aliphatic heterocycles. The minimum Gasteiger partial charge on any atom is -0.506 e. The second-order valence-corrected chi connectivity index (χ2v) is 4.90. The highest BCUT2D eigenvalue weighted by atomic mass is 79.9. The van der Waals surface area contributed by atoms with E-state index in [0.717, 1.165) is 22.9 Å². The standard InChI is InChI=1S/C10H13Br2NO.ClH/c1-2-3-8(13)9-6(11)4-5-7(12)10(9)14;/h4-5,8,14H,2-3,13H2,1H3;1H/t8-;/m1./s1. The predicted octanol–water partition coefficient (Wildman–Crippen LogP) is 4.14. The van der Waals surface area contributed by atoms with Crippen molar-refractivity contribution in [3.05, 3.63) is 26.6 Å². The van der Waals surface area contributed by atoms with Gasteiger partial charge in [0.25, 0.3) is 0 Å². The first-order valence-electron chi connectivity index (χ1n) is 4.50. The Morgan fingerprint density at radius 1 is 1.33 bits per heavy atom. The van der Waals surface area contributed by atoms with Crippen LogP contribution in [0.25, 0.3) is 0 Å². The fourth-order valence-corrected chi connectivity index (χ4v) is 2.32. The highest BCUT2D eigenvalue weighted by Crippen LogP contribution is 2.37. The maximum Gasteiger partial charge on any atom is 0.135 e. The van der Waals surface area contributed by atoms with Crippen LogP contribution >= 0.6 is 44.3 Å². The van der Waals surface area contributed by atoms with E-state index < -0.39 is 0 Å². The molecule has 0 amide bonds. The largest absolute Gasteiger partial charge is 0.506 e. The van der Waals surface area contributed by atoms with Gasteiger partial charge in [0, 0.05) is 16.1 Å². The van der Waals surface area contributed by atoms with Gasteiger partial charge in [-0.25, -0.2) is 0 Å². The maximum absolute atomic E-state index is 9.82. The molecule has 0 radical (unpaired) electrons. The van der Waals surface area contributed by atoms with Gasteiger partial charge in [-0.1, -0.05) is 29.3 Å². The van der Waals surface area contributed by atoms with Crippen LogP contribution in [0.3, 0.4) is 0 Å². The van der Waals surface area contributed by atoms with Crippen LogP contribution in [0, 0.1) is 0 Å². The van der Waals surface area contributed by atoms with E-state index >= 15 is 0 Å². The summed E-state index contributed by atoms with van der Waals surface area (Å²) in [5.74, 6) is 0.236. The van der Waals surface area contributed by atoms with E-state index in [2.05, 4.69) is 38.8 Å². The normalized spacial score (nSPS) is 12.0. The summed E-state index contributed by atoms with van der Waals surface area (Å²) in [5.41, 5.74) is 6.74. The molecule has 1 rings (SSSR count). The van der Waals surface area contributed by atoms with Crippen LogP contribution in [0.1, 0.15) is 31.4 Å². The summed E-state index contributed by atoms with van der Waals surface area (Å²) in [6.45, 7) is 2.07. The van der Waals surface area contributed by atoms with Crippen molar-refractivity contribution in [1.29, 1.82) is 0 Å². The zero-order chi connectivity index (χ0) is 10.7. The summed E-state index contributed by atoms with van der Waals surface area (Å²) in [7, 11) is 0. The van der Waals surface area contributed by atoms with Crippen molar-refractivity contribution >= 4 is 44.3 Å². The zero-order valence-electron chi connectivity index (χ0n) is 8.34. The van der Waals surface area contributed by atoms with Crippen molar-refractivity contribution in [2.24, 2.45) is 5.73 Å². The maximum atomic E-state index is 9.82. The minimum atomic E-state index is -0.119. The molecule has 0 unspecified atom stereocenters. The fraction of sp³-hybridized carbons (Fsp3) is 0.400. The van der Waals surface area contributed by atoms with Gasteiger partial charge in [0.05, 0.1) is 4.47 Å². The molecule has 0 saturated carbocycles. The van der Waals surface area contributed by atoms with Gasteiger partial charge in [-0.05, 0) is 34.5 Å². The molecule has 0 aliphatic rings. The van der Waals surface area contributed by atoms with Crippen LogP contribution in [0.5, 0.6) is 5.75 Å². The molecule has 1 aromatic rings. The quantitative estimate of drug-likeness (QED) is 0.852. The summed E-state index contributed by atoms with van der Waals surface area (Å²) in [6, 6.07) is 3.56. The Kier molecular flexibility index (Phi) is 6.84. The summed E-state index contributed by atoms with van der Waals surface area (Å²) in [4.78, 5) is 0. The number of hydrogen-bond acceptors (Lipinski definition) is 2. The van der Waals surface area contributed by atoms with Gasteiger partial charge >= 0.3 is 0 Å². The Balaban J connectivity index is 0.00000196. The van der Waals surface area contributed by atoms with Gasteiger partial charge < -0.3 is 10.8 Å². The predicted molar refractivity (Wildman–Crippen MR) is 72.6 cm³/mol. The van der Waals surface area contributed by atoms with E-state index in [1.807, 2.05) is 6.07 Å². The Bertz CT molecular complexity index is 333.